The normalized spacial score (nSPS) is 11.7. The molecule has 1 aromatic heterocycles. The second-order valence-electron chi connectivity index (χ2n) is 4.13. The first-order valence-corrected chi connectivity index (χ1v) is 5.74. The van der Waals surface area contributed by atoms with Gasteiger partial charge in [0, 0.05) is 30.1 Å². The van der Waals surface area contributed by atoms with Gasteiger partial charge < -0.3 is 5.32 Å². The van der Waals surface area contributed by atoms with Crippen LogP contribution < -0.4 is 5.32 Å². The molecule has 0 atom stereocenters. The molecule has 0 saturated carbocycles. The van der Waals surface area contributed by atoms with Crippen molar-refractivity contribution in [1.82, 2.24) is 15.3 Å². The third-order valence-electron chi connectivity index (χ3n) is 2.61. The van der Waals surface area contributed by atoms with E-state index >= 15 is 0 Å². The molecule has 0 bridgehead atoms. The number of halogens is 4. The Bertz CT molecular complexity index is 594. The summed E-state index contributed by atoms with van der Waals surface area (Å²) < 4.78 is 51.7. The van der Waals surface area contributed by atoms with Crippen LogP contribution in [0.1, 0.15) is 11.1 Å². The van der Waals surface area contributed by atoms with Gasteiger partial charge in [-0.25, -0.2) is 14.4 Å². The minimum absolute atomic E-state index is 0.0859. The molecule has 2 aromatic rings. The first-order chi connectivity index (χ1) is 9.41. The summed E-state index contributed by atoms with van der Waals surface area (Å²) in [5.41, 5.74) is -0.583. The highest BCUT2D eigenvalue weighted by Crippen LogP contribution is 2.36. The highest BCUT2D eigenvalue weighted by atomic mass is 19.4. The van der Waals surface area contributed by atoms with Crippen LogP contribution in [0.2, 0.25) is 0 Å². The predicted octanol–water partition coefficient (Wildman–Crippen LogP) is 3.02. The van der Waals surface area contributed by atoms with Gasteiger partial charge in [0.15, 0.2) is 5.82 Å². The average molecular weight is 285 g/mol. The molecule has 20 heavy (non-hydrogen) atoms. The first kappa shape index (κ1) is 14.4. The van der Waals surface area contributed by atoms with Crippen LogP contribution in [-0.4, -0.2) is 17.0 Å². The maximum absolute atomic E-state index is 13.0. The van der Waals surface area contributed by atoms with Gasteiger partial charge in [-0.05, 0) is 25.2 Å². The van der Waals surface area contributed by atoms with Crippen molar-refractivity contribution in [2.45, 2.75) is 12.7 Å². The Labute approximate surface area is 112 Å². The summed E-state index contributed by atoms with van der Waals surface area (Å²) in [4.78, 5) is 7.80. The lowest BCUT2D eigenvalue weighted by Crippen LogP contribution is -2.10. The van der Waals surface area contributed by atoms with Gasteiger partial charge in [0.05, 0.1) is 5.56 Å². The van der Waals surface area contributed by atoms with E-state index in [9.17, 15) is 17.6 Å². The van der Waals surface area contributed by atoms with Gasteiger partial charge in [0.2, 0.25) is 0 Å². The van der Waals surface area contributed by atoms with Crippen LogP contribution in [0, 0.1) is 5.82 Å². The minimum atomic E-state index is -4.66. The molecule has 0 spiro atoms. The molecule has 7 heteroatoms. The molecule has 0 radical (unpaired) electrons. The van der Waals surface area contributed by atoms with E-state index in [1.807, 2.05) is 0 Å². The zero-order valence-corrected chi connectivity index (χ0v) is 10.5. The Morgan fingerprint density at radius 1 is 1.15 bits per heavy atom. The van der Waals surface area contributed by atoms with Gasteiger partial charge in [0.1, 0.15) is 5.82 Å². The molecule has 2 rings (SSSR count). The van der Waals surface area contributed by atoms with Crippen LogP contribution in [0.15, 0.2) is 30.6 Å². The van der Waals surface area contributed by atoms with Crippen molar-refractivity contribution >= 4 is 0 Å². The van der Waals surface area contributed by atoms with E-state index in [-0.39, 0.29) is 11.4 Å². The van der Waals surface area contributed by atoms with Crippen molar-refractivity contribution in [3.63, 3.8) is 0 Å². The fourth-order valence-electron chi connectivity index (χ4n) is 1.74. The van der Waals surface area contributed by atoms with Crippen LogP contribution in [0.25, 0.3) is 11.4 Å². The number of rotatable bonds is 3. The van der Waals surface area contributed by atoms with Crippen LogP contribution in [0.5, 0.6) is 0 Å². The van der Waals surface area contributed by atoms with Gasteiger partial charge in [0.25, 0.3) is 0 Å². The quantitative estimate of drug-likeness (QED) is 0.881. The summed E-state index contributed by atoms with van der Waals surface area (Å²) in [5.74, 6) is -1.04. The Morgan fingerprint density at radius 2 is 1.80 bits per heavy atom. The molecule has 0 saturated heterocycles. The molecule has 3 nitrogen and oxygen atoms in total. The lowest BCUT2D eigenvalue weighted by atomic mass is 10.1. The SMILES string of the molecule is CNCc1cnc(-c2ccc(F)cc2C(F)(F)F)nc1. The summed E-state index contributed by atoms with van der Waals surface area (Å²) >= 11 is 0. The van der Waals surface area contributed by atoms with E-state index in [1.54, 1.807) is 7.05 Å². The standard InChI is InChI=1S/C13H11F4N3/c1-18-5-8-6-19-12(20-7-8)10-3-2-9(14)4-11(10)13(15,16)17/h2-4,6-7,18H,5H2,1H3. The van der Waals surface area contributed by atoms with Crippen LogP contribution in [-0.2, 0) is 12.7 Å². The summed E-state index contributed by atoms with van der Waals surface area (Å²) in [6, 6.07) is 2.43. The molecule has 0 aliphatic carbocycles. The molecular formula is C13H11F4N3. The average Bonchev–Trinajstić information content (AvgIpc) is 2.39. The zero-order chi connectivity index (χ0) is 14.8. The second-order valence-corrected chi connectivity index (χ2v) is 4.13. The van der Waals surface area contributed by atoms with Crippen molar-refractivity contribution in [2.24, 2.45) is 0 Å². The van der Waals surface area contributed by atoms with E-state index in [2.05, 4.69) is 15.3 Å². The number of alkyl halides is 3. The van der Waals surface area contributed by atoms with Crippen LogP contribution in [0.4, 0.5) is 17.6 Å². The van der Waals surface area contributed by atoms with Crippen molar-refractivity contribution in [2.75, 3.05) is 7.05 Å². The maximum atomic E-state index is 13.0. The fraction of sp³-hybridized carbons (Fsp3) is 0.231. The molecule has 0 amide bonds. The number of hydrogen-bond donors (Lipinski definition) is 1. The van der Waals surface area contributed by atoms with Crippen molar-refractivity contribution in [3.8, 4) is 11.4 Å². The maximum Gasteiger partial charge on any atom is 0.417 e. The lowest BCUT2D eigenvalue weighted by molar-refractivity contribution is -0.137. The Hall–Kier alpha value is -2.02. The summed E-state index contributed by atoms with van der Waals surface area (Å²) in [5, 5.41) is 2.88. The van der Waals surface area contributed by atoms with Crippen molar-refractivity contribution < 1.29 is 17.6 Å². The molecule has 0 aliphatic rings. The van der Waals surface area contributed by atoms with E-state index in [1.165, 1.54) is 12.4 Å². The topological polar surface area (TPSA) is 37.8 Å². The molecule has 0 unspecified atom stereocenters. The van der Waals surface area contributed by atoms with Crippen LogP contribution >= 0.6 is 0 Å². The summed E-state index contributed by atoms with van der Waals surface area (Å²) in [7, 11) is 1.73. The third-order valence-corrected chi connectivity index (χ3v) is 2.61. The smallest absolute Gasteiger partial charge is 0.316 e. The van der Waals surface area contributed by atoms with Gasteiger partial charge >= 0.3 is 6.18 Å². The van der Waals surface area contributed by atoms with Gasteiger partial charge in [-0.1, -0.05) is 0 Å². The number of hydrogen-bond acceptors (Lipinski definition) is 3. The molecule has 1 heterocycles. The van der Waals surface area contributed by atoms with Gasteiger partial charge in [-0.2, -0.15) is 13.2 Å². The summed E-state index contributed by atoms with van der Waals surface area (Å²) in [6.45, 7) is 0.510. The molecule has 0 aliphatic heterocycles. The molecule has 0 fully saturated rings. The fourth-order valence-corrected chi connectivity index (χ4v) is 1.74. The lowest BCUT2D eigenvalue weighted by Gasteiger charge is -2.12. The number of nitrogens with one attached hydrogen (secondary N) is 1. The van der Waals surface area contributed by atoms with Crippen molar-refractivity contribution in [1.29, 1.82) is 0 Å². The van der Waals surface area contributed by atoms with Gasteiger partial charge in [-0.15, -0.1) is 0 Å². The molecule has 1 aromatic carbocycles. The largest absolute Gasteiger partial charge is 0.417 e. The first-order valence-electron chi connectivity index (χ1n) is 5.74. The van der Waals surface area contributed by atoms with Gasteiger partial charge in [-0.3, -0.25) is 0 Å². The zero-order valence-electron chi connectivity index (χ0n) is 10.5. The Balaban J connectivity index is 2.47. The summed E-state index contributed by atoms with van der Waals surface area (Å²) in [6.07, 6.45) is -1.80. The number of aromatic nitrogens is 2. The van der Waals surface area contributed by atoms with E-state index in [4.69, 9.17) is 0 Å². The minimum Gasteiger partial charge on any atom is -0.316 e. The van der Waals surface area contributed by atoms with E-state index in [0.717, 1.165) is 17.7 Å². The predicted molar refractivity (Wildman–Crippen MR) is 65.2 cm³/mol. The number of benzene rings is 1. The van der Waals surface area contributed by atoms with Crippen LogP contribution in [0.3, 0.4) is 0 Å². The highest BCUT2D eigenvalue weighted by molar-refractivity contribution is 5.61. The molecular weight excluding hydrogens is 274 g/mol. The van der Waals surface area contributed by atoms with Crippen molar-refractivity contribution in [3.05, 3.63) is 47.5 Å². The highest BCUT2D eigenvalue weighted by Gasteiger charge is 2.34. The Morgan fingerprint density at radius 3 is 2.35 bits per heavy atom. The number of nitrogens with zero attached hydrogens (tertiary/aromatic N) is 2. The monoisotopic (exact) mass is 285 g/mol. The molecule has 106 valence electrons. The third kappa shape index (κ3) is 3.11. The Kier molecular flexibility index (Phi) is 3.99. The van der Waals surface area contributed by atoms with E-state index < -0.39 is 17.6 Å². The van der Waals surface area contributed by atoms with E-state index in [0.29, 0.717) is 12.6 Å². The molecule has 1 N–H and O–H groups in total. The second kappa shape index (κ2) is 5.54.